The molecule has 2 aromatic heterocycles. The number of amides is 2. The zero-order valence-corrected chi connectivity index (χ0v) is 16.3. The minimum Gasteiger partial charge on any atom is -0.320 e. The third-order valence-electron chi connectivity index (χ3n) is 5.47. The van der Waals surface area contributed by atoms with E-state index in [1.54, 1.807) is 0 Å². The molecule has 0 saturated carbocycles. The number of aromatic nitrogens is 2. The number of carbonyl (C=O) groups is 1. The Morgan fingerprint density at radius 3 is 2.59 bits per heavy atom. The second-order valence-electron chi connectivity index (χ2n) is 7.55. The molecule has 2 aromatic carbocycles. The number of hydrogen-bond acceptors (Lipinski definition) is 2. The lowest BCUT2D eigenvalue weighted by atomic mass is 10.0. The SMILES string of the molecule is Cc1ccc(-c2cn3cc(NC(=O)N4CCc5ccccc5C4)ccc3n2)cc1. The van der Waals surface area contributed by atoms with Crippen LogP contribution in [0.15, 0.2) is 73.1 Å². The molecule has 0 radical (unpaired) electrons. The number of pyridine rings is 1. The van der Waals surface area contributed by atoms with E-state index in [4.69, 9.17) is 0 Å². The van der Waals surface area contributed by atoms with Gasteiger partial charge in [0, 0.05) is 31.0 Å². The zero-order chi connectivity index (χ0) is 19.8. The summed E-state index contributed by atoms with van der Waals surface area (Å²) < 4.78 is 1.95. The summed E-state index contributed by atoms with van der Waals surface area (Å²) in [7, 11) is 0. The third-order valence-corrected chi connectivity index (χ3v) is 5.47. The summed E-state index contributed by atoms with van der Waals surface area (Å²) in [4.78, 5) is 19.3. The Morgan fingerprint density at radius 1 is 0.966 bits per heavy atom. The molecular formula is C24H22N4O. The van der Waals surface area contributed by atoms with E-state index in [0.29, 0.717) is 6.54 Å². The third kappa shape index (κ3) is 3.47. The average molecular weight is 382 g/mol. The number of hydrogen-bond donors (Lipinski definition) is 1. The zero-order valence-electron chi connectivity index (χ0n) is 16.3. The molecule has 1 aliphatic rings. The van der Waals surface area contributed by atoms with Gasteiger partial charge in [-0.2, -0.15) is 0 Å². The highest BCUT2D eigenvalue weighted by molar-refractivity contribution is 5.89. The van der Waals surface area contributed by atoms with Gasteiger partial charge in [0.1, 0.15) is 5.65 Å². The quantitative estimate of drug-likeness (QED) is 0.536. The fourth-order valence-corrected chi connectivity index (χ4v) is 3.80. The lowest BCUT2D eigenvalue weighted by Crippen LogP contribution is -2.38. The smallest absolute Gasteiger partial charge is 0.320 e. The predicted molar refractivity (Wildman–Crippen MR) is 115 cm³/mol. The van der Waals surface area contributed by atoms with E-state index in [2.05, 4.69) is 59.7 Å². The van der Waals surface area contributed by atoms with E-state index in [1.165, 1.54) is 16.7 Å². The largest absolute Gasteiger partial charge is 0.322 e. The summed E-state index contributed by atoms with van der Waals surface area (Å²) in [5.41, 5.74) is 7.39. The lowest BCUT2D eigenvalue weighted by molar-refractivity contribution is 0.206. The first-order valence-electron chi connectivity index (χ1n) is 9.84. The molecule has 1 aliphatic heterocycles. The second kappa shape index (κ2) is 7.09. The molecule has 0 aliphatic carbocycles. The van der Waals surface area contributed by atoms with Crippen LogP contribution in [0.4, 0.5) is 10.5 Å². The van der Waals surface area contributed by atoms with Gasteiger partial charge in [0.2, 0.25) is 0 Å². The van der Waals surface area contributed by atoms with Crippen molar-refractivity contribution in [1.29, 1.82) is 0 Å². The molecule has 5 heteroatoms. The molecule has 0 fully saturated rings. The number of rotatable bonds is 2. The Morgan fingerprint density at radius 2 is 1.76 bits per heavy atom. The molecule has 2 amide bonds. The molecule has 5 nitrogen and oxygen atoms in total. The topological polar surface area (TPSA) is 49.6 Å². The number of fused-ring (bicyclic) bond motifs is 2. The van der Waals surface area contributed by atoms with Crippen LogP contribution < -0.4 is 5.32 Å². The first-order valence-corrected chi connectivity index (χ1v) is 9.84. The Labute approximate surface area is 169 Å². The van der Waals surface area contributed by atoms with Gasteiger partial charge in [-0.25, -0.2) is 9.78 Å². The van der Waals surface area contributed by atoms with Crippen molar-refractivity contribution in [2.45, 2.75) is 19.9 Å². The fourth-order valence-electron chi connectivity index (χ4n) is 3.80. The molecule has 0 bridgehead atoms. The van der Waals surface area contributed by atoms with Crippen molar-refractivity contribution in [3.63, 3.8) is 0 Å². The van der Waals surface area contributed by atoms with Gasteiger partial charge in [-0.15, -0.1) is 0 Å². The Balaban J connectivity index is 1.34. The van der Waals surface area contributed by atoms with Crippen LogP contribution in [0, 0.1) is 6.92 Å². The van der Waals surface area contributed by atoms with Crippen molar-refractivity contribution < 1.29 is 4.79 Å². The number of aryl methyl sites for hydroxylation is 1. The van der Waals surface area contributed by atoms with E-state index >= 15 is 0 Å². The second-order valence-corrected chi connectivity index (χ2v) is 7.55. The number of imidazole rings is 1. The van der Waals surface area contributed by atoms with Crippen molar-refractivity contribution in [3.8, 4) is 11.3 Å². The highest BCUT2D eigenvalue weighted by Crippen LogP contribution is 2.22. The van der Waals surface area contributed by atoms with E-state index < -0.39 is 0 Å². The summed E-state index contributed by atoms with van der Waals surface area (Å²) in [5.74, 6) is 0. The standard InChI is InChI=1S/C24H22N4O/c1-17-6-8-19(9-7-17)22-16-28-15-21(10-11-23(28)26-22)25-24(29)27-13-12-18-4-2-3-5-20(18)14-27/h2-11,15-16H,12-14H2,1H3,(H,25,29). The average Bonchev–Trinajstić information content (AvgIpc) is 3.17. The highest BCUT2D eigenvalue weighted by atomic mass is 16.2. The van der Waals surface area contributed by atoms with Gasteiger partial charge in [-0.05, 0) is 36.6 Å². The molecule has 0 unspecified atom stereocenters. The molecule has 0 saturated heterocycles. The van der Waals surface area contributed by atoms with Crippen LogP contribution in [-0.4, -0.2) is 26.9 Å². The Bertz CT molecular complexity index is 1190. The van der Waals surface area contributed by atoms with Crippen LogP contribution in [0.25, 0.3) is 16.9 Å². The minimum atomic E-state index is -0.0715. The van der Waals surface area contributed by atoms with Gasteiger partial charge in [0.05, 0.1) is 11.4 Å². The number of benzene rings is 2. The van der Waals surface area contributed by atoms with E-state index in [0.717, 1.165) is 35.6 Å². The summed E-state index contributed by atoms with van der Waals surface area (Å²) >= 11 is 0. The van der Waals surface area contributed by atoms with Gasteiger partial charge in [-0.1, -0.05) is 54.1 Å². The molecule has 5 rings (SSSR count). The molecule has 144 valence electrons. The van der Waals surface area contributed by atoms with E-state index in [1.807, 2.05) is 39.9 Å². The summed E-state index contributed by atoms with van der Waals surface area (Å²) in [5, 5.41) is 3.03. The Hall–Kier alpha value is -3.60. The fraction of sp³-hybridized carbons (Fsp3) is 0.167. The minimum absolute atomic E-state index is 0.0715. The number of nitrogens with zero attached hydrogens (tertiary/aromatic N) is 3. The van der Waals surface area contributed by atoms with Crippen molar-refractivity contribution in [1.82, 2.24) is 14.3 Å². The predicted octanol–water partition coefficient (Wildman–Crippen LogP) is 4.90. The number of carbonyl (C=O) groups excluding carboxylic acids is 1. The first-order chi connectivity index (χ1) is 14.2. The molecule has 3 heterocycles. The molecule has 29 heavy (non-hydrogen) atoms. The normalized spacial score (nSPS) is 13.3. The van der Waals surface area contributed by atoms with Gasteiger partial charge < -0.3 is 14.6 Å². The maximum atomic E-state index is 12.8. The molecular weight excluding hydrogens is 360 g/mol. The van der Waals surface area contributed by atoms with Crippen molar-refractivity contribution in [3.05, 3.63) is 89.7 Å². The van der Waals surface area contributed by atoms with E-state index in [-0.39, 0.29) is 6.03 Å². The van der Waals surface area contributed by atoms with Gasteiger partial charge >= 0.3 is 6.03 Å². The number of nitrogens with one attached hydrogen (secondary N) is 1. The lowest BCUT2D eigenvalue weighted by Gasteiger charge is -2.28. The number of anilines is 1. The Kier molecular flexibility index (Phi) is 4.28. The van der Waals surface area contributed by atoms with E-state index in [9.17, 15) is 4.79 Å². The van der Waals surface area contributed by atoms with Crippen LogP contribution in [0.5, 0.6) is 0 Å². The van der Waals surface area contributed by atoms with Crippen LogP contribution in [0.1, 0.15) is 16.7 Å². The number of urea groups is 1. The first kappa shape index (κ1) is 17.5. The van der Waals surface area contributed by atoms with Crippen LogP contribution in [0.2, 0.25) is 0 Å². The van der Waals surface area contributed by atoms with Crippen LogP contribution in [-0.2, 0) is 13.0 Å². The molecule has 4 aromatic rings. The highest BCUT2D eigenvalue weighted by Gasteiger charge is 2.20. The van der Waals surface area contributed by atoms with Crippen LogP contribution in [0.3, 0.4) is 0 Å². The summed E-state index contributed by atoms with van der Waals surface area (Å²) in [6.45, 7) is 3.45. The summed E-state index contributed by atoms with van der Waals surface area (Å²) in [6, 6.07) is 20.4. The van der Waals surface area contributed by atoms with Gasteiger partial charge in [-0.3, -0.25) is 0 Å². The molecule has 0 spiro atoms. The summed E-state index contributed by atoms with van der Waals surface area (Å²) in [6.07, 6.45) is 4.80. The maximum Gasteiger partial charge on any atom is 0.322 e. The maximum absolute atomic E-state index is 12.8. The van der Waals surface area contributed by atoms with Crippen LogP contribution >= 0.6 is 0 Å². The molecule has 1 N–H and O–H groups in total. The van der Waals surface area contributed by atoms with Gasteiger partial charge in [0.25, 0.3) is 0 Å². The van der Waals surface area contributed by atoms with Gasteiger partial charge in [0.15, 0.2) is 0 Å². The van der Waals surface area contributed by atoms with Crippen molar-refractivity contribution in [2.24, 2.45) is 0 Å². The molecule has 0 atom stereocenters. The van der Waals surface area contributed by atoms with Crippen molar-refractivity contribution >= 4 is 17.4 Å². The van der Waals surface area contributed by atoms with Crippen molar-refractivity contribution in [2.75, 3.05) is 11.9 Å². The monoisotopic (exact) mass is 382 g/mol.